The van der Waals surface area contributed by atoms with E-state index in [9.17, 15) is 4.79 Å². The molecule has 0 N–H and O–H groups in total. The van der Waals surface area contributed by atoms with Gasteiger partial charge >= 0.3 is 5.97 Å². The lowest BCUT2D eigenvalue weighted by atomic mass is 9.66. The molecule has 2 fully saturated rings. The molecule has 4 nitrogen and oxygen atoms in total. The van der Waals surface area contributed by atoms with Crippen molar-refractivity contribution in [3.63, 3.8) is 0 Å². The van der Waals surface area contributed by atoms with Crippen molar-refractivity contribution in [1.29, 1.82) is 0 Å². The minimum absolute atomic E-state index is 0.0753. The van der Waals surface area contributed by atoms with E-state index < -0.39 is 0 Å². The van der Waals surface area contributed by atoms with Gasteiger partial charge in [0, 0.05) is 11.5 Å². The Balaban J connectivity index is 1.72. The van der Waals surface area contributed by atoms with Crippen molar-refractivity contribution in [2.24, 2.45) is 11.3 Å². The SMILES string of the molecule is CCOC(=O)C[C@@H]1OC[C@]23c4ccccc4O[C@H]2CC(C)(C)[C@H]13. The van der Waals surface area contributed by atoms with Crippen LogP contribution in [0.25, 0.3) is 0 Å². The minimum atomic E-state index is -0.166. The Morgan fingerprint density at radius 3 is 2.91 bits per heavy atom. The second-order valence-corrected chi connectivity index (χ2v) is 7.67. The molecule has 0 unspecified atom stereocenters. The van der Waals surface area contributed by atoms with Gasteiger partial charge < -0.3 is 14.2 Å². The van der Waals surface area contributed by atoms with E-state index in [1.54, 1.807) is 0 Å². The molecule has 0 amide bonds. The zero-order valence-corrected chi connectivity index (χ0v) is 14.0. The van der Waals surface area contributed by atoms with Crippen LogP contribution in [0, 0.1) is 11.3 Å². The van der Waals surface area contributed by atoms with E-state index >= 15 is 0 Å². The summed E-state index contributed by atoms with van der Waals surface area (Å²) in [6, 6.07) is 8.30. The molecule has 1 saturated carbocycles. The number of para-hydroxylation sites is 1. The molecule has 4 atom stereocenters. The average molecular weight is 316 g/mol. The summed E-state index contributed by atoms with van der Waals surface area (Å²) in [5, 5.41) is 0. The number of carbonyl (C=O) groups excluding carboxylic acids is 1. The molecule has 1 aromatic carbocycles. The smallest absolute Gasteiger partial charge is 0.308 e. The van der Waals surface area contributed by atoms with E-state index in [2.05, 4.69) is 26.0 Å². The van der Waals surface area contributed by atoms with Gasteiger partial charge in [0.1, 0.15) is 11.9 Å². The van der Waals surface area contributed by atoms with Crippen molar-refractivity contribution >= 4 is 5.97 Å². The summed E-state index contributed by atoms with van der Waals surface area (Å²) in [6.45, 7) is 7.44. The van der Waals surface area contributed by atoms with E-state index in [-0.39, 0.29) is 34.9 Å². The average Bonchev–Trinajstić information content (AvgIpc) is 3.07. The fourth-order valence-electron chi connectivity index (χ4n) is 5.28. The Labute approximate surface area is 137 Å². The topological polar surface area (TPSA) is 44.8 Å². The third kappa shape index (κ3) is 1.97. The predicted molar refractivity (Wildman–Crippen MR) is 85.4 cm³/mol. The standard InChI is InChI=1S/C19H24O4/c1-4-21-16(20)9-14-17-18(2,3)10-15-19(17,11-22-14)12-7-5-6-8-13(12)23-15/h5-8,14-15,17H,4,9-11H2,1-3H3/t14-,15-,17-,19-/m0/s1. The molecule has 2 heterocycles. The summed E-state index contributed by atoms with van der Waals surface area (Å²) in [4.78, 5) is 12.0. The third-order valence-corrected chi connectivity index (χ3v) is 5.92. The zero-order chi connectivity index (χ0) is 16.2. The van der Waals surface area contributed by atoms with Crippen molar-refractivity contribution in [3.8, 4) is 5.75 Å². The van der Waals surface area contributed by atoms with Crippen LogP contribution in [-0.2, 0) is 19.7 Å². The van der Waals surface area contributed by atoms with Crippen LogP contribution in [-0.4, -0.2) is 31.4 Å². The van der Waals surface area contributed by atoms with Crippen molar-refractivity contribution in [2.75, 3.05) is 13.2 Å². The van der Waals surface area contributed by atoms with Gasteiger partial charge in [0.05, 0.1) is 31.2 Å². The van der Waals surface area contributed by atoms with Gasteiger partial charge in [0.2, 0.25) is 0 Å². The van der Waals surface area contributed by atoms with Gasteiger partial charge in [0.25, 0.3) is 0 Å². The quantitative estimate of drug-likeness (QED) is 0.804. The second kappa shape index (κ2) is 4.97. The maximum atomic E-state index is 12.0. The minimum Gasteiger partial charge on any atom is -0.489 e. The molecule has 0 radical (unpaired) electrons. The number of hydrogen-bond acceptors (Lipinski definition) is 4. The Kier molecular flexibility index (Phi) is 3.24. The molecule has 4 heteroatoms. The van der Waals surface area contributed by atoms with Gasteiger partial charge in [0.15, 0.2) is 0 Å². The summed E-state index contributed by atoms with van der Waals surface area (Å²) in [5.41, 5.74) is 1.22. The molecule has 1 aromatic rings. The maximum Gasteiger partial charge on any atom is 0.308 e. The van der Waals surface area contributed by atoms with E-state index in [1.165, 1.54) is 5.56 Å². The molecule has 1 aliphatic carbocycles. The van der Waals surface area contributed by atoms with Crippen LogP contribution in [0.15, 0.2) is 24.3 Å². The summed E-state index contributed by atoms with van der Waals surface area (Å²) in [6.07, 6.45) is 1.38. The normalized spacial score (nSPS) is 36.0. The molecule has 0 aromatic heterocycles. The third-order valence-electron chi connectivity index (χ3n) is 5.92. The first-order valence-electron chi connectivity index (χ1n) is 8.52. The lowest BCUT2D eigenvalue weighted by Crippen LogP contribution is -2.41. The van der Waals surface area contributed by atoms with Crippen molar-refractivity contribution in [3.05, 3.63) is 29.8 Å². The van der Waals surface area contributed by atoms with Crippen LogP contribution in [0.5, 0.6) is 5.75 Å². The van der Waals surface area contributed by atoms with Crippen molar-refractivity contribution in [1.82, 2.24) is 0 Å². The summed E-state index contributed by atoms with van der Waals surface area (Å²) >= 11 is 0. The summed E-state index contributed by atoms with van der Waals surface area (Å²) < 4.78 is 17.6. The Morgan fingerprint density at radius 2 is 2.13 bits per heavy atom. The molecule has 23 heavy (non-hydrogen) atoms. The first-order chi connectivity index (χ1) is 11.0. The van der Waals surface area contributed by atoms with Crippen LogP contribution in [0.2, 0.25) is 0 Å². The number of hydrogen-bond donors (Lipinski definition) is 0. The fraction of sp³-hybridized carbons (Fsp3) is 0.632. The van der Waals surface area contributed by atoms with Crippen LogP contribution in [0.3, 0.4) is 0 Å². The molecule has 0 bridgehead atoms. The first-order valence-corrected chi connectivity index (χ1v) is 8.52. The number of esters is 1. The number of benzene rings is 1. The Bertz CT molecular complexity index is 638. The lowest BCUT2D eigenvalue weighted by Gasteiger charge is -2.34. The highest BCUT2D eigenvalue weighted by Crippen LogP contribution is 2.65. The van der Waals surface area contributed by atoms with Crippen LogP contribution in [0.4, 0.5) is 0 Å². The van der Waals surface area contributed by atoms with E-state index in [0.29, 0.717) is 19.6 Å². The highest BCUT2D eigenvalue weighted by atomic mass is 16.5. The van der Waals surface area contributed by atoms with E-state index in [4.69, 9.17) is 14.2 Å². The zero-order valence-electron chi connectivity index (χ0n) is 14.0. The second-order valence-electron chi connectivity index (χ2n) is 7.67. The van der Waals surface area contributed by atoms with Gasteiger partial charge in [-0.2, -0.15) is 0 Å². The lowest BCUT2D eigenvalue weighted by molar-refractivity contribution is -0.146. The molecule has 3 aliphatic rings. The van der Waals surface area contributed by atoms with Crippen LogP contribution < -0.4 is 4.74 Å². The number of rotatable bonds is 3. The molecular formula is C19H24O4. The van der Waals surface area contributed by atoms with Gasteiger partial charge in [-0.3, -0.25) is 4.79 Å². The van der Waals surface area contributed by atoms with Crippen LogP contribution >= 0.6 is 0 Å². The predicted octanol–water partition coefficient (Wildman–Crippen LogP) is 3.08. The highest BCUT2D eigenvalue weighted by molar-refractivity contribution is 5.70. The fourth-order valence-corrected chi connectivity index (χ4v) is 5.28. The molecule has 2 aliphatic heterocycles. The molecular weight excluding hydrogens is 292 g/mol. The largest absolute Gasteiger partial charge is 0.489 e. The Morgan fingerprint density at radius 1 is 1.35 bits per heavy atom. The van der Waals surface area contributed by atoms with Gasteiger partial charge in [-0.25, -0.2) is 0 Å². The molecule has 1 spiro atoms. The first kappa shape index (κ1) is 15.0. The van der Waals surface area contributed by atoms with Crippen molar-refractivity contribution < 1.29 is 19.0 Å². The molecule has 4 rings (SSSR count). The van der Waals surface area contributed by atoms with Crippen molar-refractivity contribution in [2.45, 2.75) is 51.2 Å². The number of carbonyl (C=O) groups is 1. The molecule has 1 saturated heterocycles. The number of fused-ring (bicyclic) bond motifs is 1. The number of ether oxygens (including phenoxy) is 3. The van der Waals surface area contributed by atoms with Gasteiger partial charge in [-0.15, -0.1) is 0 Å². The Hall–Kier alpha value is -1.55. The monoisotopic (exact) mass is 316 g/mol. The van der Waals surface area contributed by atoms with E-state index in [1.807, 2.05) is 19.1 Å². The van der Waals surface area contributed by atoms with Gasteiger partial charge in [-0.05, 0) is 24.8 Å². The maximum absolute atomic E-state index is 12.0. The molecule has 124 valence electrons. The summed E-state index contributed by atoms with van der Waals surface area (Å²) in [7, 11) is 0. The summed E-state index contributed by atoms with van der Waals surface area (Å²) in [5.74, 6) is 1.09. The van der Waals surface area contributed by atoms with Crippen LogP contribution in [0.1, 0.15) is 39.2 Å². The van der Waals surface area contributed by atoms with E-state index in [0.717, 1.165) is 12.2 Å². The highest BCUT2D eigenvalue weighted by Gasteiger charge is 2.69. The van der Waals surface area contributed by atoms with Gasteiger partial charge in [-0.1, -0.05) is 32.0 Å².